The van der Waals surface area contributed by atoms with Gasteiger partial charge in [0.15, 0.2) is 0 Å². The molecular weight excluding hydrogens is 439 g/mol. The van der Waals surface area contributed by atoms with Gasteiger partial charge in [-0.1, -0.05) is 6.07 Å². The Labute approximate surface area is 187 Å². The molecule has 1 aromatic carbocycles. The number of halogens is 3. The summed E-state index contributed by atoms with van der Waals surface area (Å²) in [7, 11) is 1.53. The number of fused-ring (bicyclic) bond motifs is 2. The molecule has 5 rings (SSSR count). The lowest BCUT2D eigenvalue weighted by atomic mass is 9.49. The highest BCUT2D eigenvalue weighted by Gasteiger charge is 2.65. The maximum atomic E-state index is 13.4. The Balaban J connectivity index is 1.72. The highest BCUT2D eigenvalue weighted by atomic mass is 19.4. The fourth-order valence-corrected chi connectivity index (χ4v) is 6.25. The molecular formula is C23H24F3N3O4. The Morgan fingerprint density at radius 2 is 2.06 bits per heavy atom. The Hall–Kier alpha value is -2.85. The lowest BCUT2D eigenvalue weighted by Gasteiger charge is -2.63. The fraction of sp³-hybridized carbons (Fsp3) is 0.478. The minimum Gasteiger partial charge on any atom is -0.497 e. The van der Waals surface area contributed by atoms with Gasteiger partial charge in [-0.25, -0.2) is 0 Å². The van der Waals surface area contributed by atoms with Gasteiger partial charge in [-0.2, -0.15) is 13.2 Å². The topological polar surface area (TPSA) is 109 Å². The van der Waals surface area contributed by atoms with Crippen molar-refractivity contribution in [2.45, 2.75) is 48.9 Å². The van der Waals surface area contributed by atoms with Gasteiger partial charge in [0.1, 0.15) is 11.3 Å². The number of nitrogens with two attached hydrogens (primary N) is 1. The molecule has 1 fully saturated rings. The zero-order valence-electron chi connectivity index (χ0n) is 18.0. The summed E-state index contributed by atoms with van der Waals surface area (Å²) >= 11 is 0. The maximum absolute atomic E-state index is 13.4. The average Bonchev–Trinajstić information content (AvgIpc) is 2.72. The first-order chi connectivity index (χ1) is 15.5. The number of hydrogen-bond donors (Lipinski definition) is 3. The summed E-state index contributed by atoms with van der Waals surface area (Å²) in [6, 6.07) is 6.03. The summed E-state index contributed by atoms with van der Waals surface area (Å²) in [6.45, 7) is -0.964. The third-order valence-corrected chi connectivity index (χ3v) is 7.69. The number of nitrogens with one attached hydrogen (secondary N) is 1. The van der Waals surface area contributed by atoms with Crippen LogP contribution in [0.15, 0.2) is 29.1 Å². The summed E-state index contributed by atoms with van der Waals surface area (Å²) < 4.78 is 45.6. The molecule has 0 unspecified atom stereocenters. The van der Waals surface area contributed by atoms with Gasteiger partial charge < -0.3 is 20.6 Å². The number of methoxy groups -OCH3 is 1. The van der Waals surface area contributed by atoms with E-state index in [-0.39, 0.29) is 37.8 Å². The molecule has 7 nitrogen and oxygen atoms in total. The standard InChI is InChI=1S/C23H24F3N3O4/c1-33-14-3-2-12-7-18-22(32)9-13-6-15(19(27)30)20(31)28-17(13)10-21(22,16(12)8-14)4-5-29(18)11-23(24,25)26/h2-3,6,8,18,32H,4-5,7,9-11H2,1H3,(H2,27,30)(H,28,31)/t18-,21-,22-/m1/s1. The average molecular weight is 463 g/mol. The molecule has 1 aliphatic heterocycles. The van der Waals surface area contributed by atoms with E-state index < -0.39 is 41.2 Å². The first-order valence-corrected chi connectivity index (χ1v) is 10.7. The van der Waals surface area contributed by atoms with Crippen molar-refractivity contribution in [3.63, 3.8) is 0 Å². The number of alkyl halides is 3. The van der Waals surface area contributed by atoms with E-state index in [1.807, 2.05) is 12.1 Å². The lowest BCUT2D eigenvalue weighted by molar-refractivity contribution is -0.196. The van der Waals surface area contributed by atoms with Crippen molar-refractivity contribution < 1.29 is 27.8 Å². The van der Waals surface area contributed by atoms with Crippen molar-refractivity contribution in [2.24, 2.45) is 5.73 Å². The van der Waals surface area contributed by atoms with E-state index in [1.165, 1.54) is 18.1 Å². The smallest absolute Gasteiger partial charge is 0.401 e. The van der Waals surface area contributed by atoms with E-state index in [0.29, 0.717) is 17.0 Å². The minimum atomic E-state index is -4.41. The number of aromatic amines is 1. The van der Waals surface area contributed by atoms with Crippen molar-refractivity contribution in [2.75, 3.05) is 20.2 Å². The number of rotatable bonds is 3. The third kappa shape index (κ3) is 3.18. The first kappa shape index (κ1) is 22.0. The molecule has 0 spiro atoms. The van der Waals surface area contributed by atoms with Gasteiger partial charge in [0, 0.05) is 30.0 Å². The number of piperidine rings is 1. The summed E-state index contributed by atoms with van der Waals surface area (Å²) in [6.07, 6.45) is -3.67. The number of ether oxygens (including phenoxy) is 1. The zero-order valence-corrected chi connectivity index (χ0v) is 18.0. The highest BCUT2D eigenvalue weighted by Crippen LogP contribution is 2.57. The third-order valence-electron chi connectivity index (χ3n) is 7.69. The summed E-state index contributed by atoms with van der Waals surface area (Å²) in [5.74, 6) is -0.311. The van der Waals surface area contributed by atoms with Gasteiger partial charge in [-0.3, -0.25) is 14.5 Å². The van der Waals surface area contributed by atoms with Gasteiger partial charge in [-0.05, 0) is 54.3 Å². The number of aliphatic hydroxyl groups is 1. The summed E-state index contributed by atoms with van der Waals surface area (Å²) in [4.78, 5) is 28.2. The highest BCUT2D eigenvalue weighted by molar-refractivity contribution is 5.92. The number of benzene rings is 1. The number of aromatic nitrogens is 1. The molecule has 2 aromatic rings. The first-order valence-electron chi connectivity index (χ1n) is 10.7. The molecule has 33 heavy (non-hydrogen) atoms. The van der Waals surface area contributed by atoms with Gasteiger partial charge in [-0.15, -0.1) is 0 Å². The van der Waals surface area contributed by atoms with Crippen molar-refractivity contribution in [3.05, 3.63) is 62.6 Å². The Bertz CT molecular complexity index is 1210. The van der Waals surface area contributed by atoms with Crippen molar-refractivity contribution in [3.8, 4) is 5.75 Å². The number of H-pyrrole nitrogens is 1. The van der Waals surface area contributed by atoms with Gasteiger partial charge in [0.2, 0.25) is 0 Å². The second-order valence-electron chi connectivity index (χ2n) is 9.32. The second-order valence-corrected chi connectivity index (χ2v) is 9.32. The van der Waals surface area contributed by atoms with E-state index in [1.54, 1.807) is 6.07 Å². The number of pyridine rings is 1. The van der Waals surface area contributed by atoms with E-state index >= 15 is 0 Å². The number of nitrogens with zero attached hydrogens (tertiary/aromatic N) is 1. The van der Waals surface area contributed by atoms with Crippen LogP contribution in [0, 0.1) is 0 Å². The van der Waals surface area contributed by atoms with Crippen LogP contribution in [0.1, 0.15) is 39.2 Å². The largest absolute Gasteiger partial charge is 0.497 e. The predicted octanol–water partition coefficient (Wildman–Crippen LogP) is 1.44. The molecule has 0 radical (unpaired) electrons. The van der Waals surface area contributed by atoms with E-state index in [0.717, 1.165) is 11.1 Å². The van der Waals surface area contributed by atoms with Gasteiger partial charge >= 0.3 is 6.18 Å². The second kappa shape index (κ2) is 7.07. The van der Waals surface area contributed by atoms with E-state index in [2.05, 4.69) is 4.98 Å². The molecule has 0 saturated carbocycles. The molecule has 1 aromatic heterocycles. The van der Waals surface area contributed by atoms with Crippen molar-refractivity contribution in [1.82, 2.24) is 9.88 Å². The summed E-state index contributed by atoms with van der Waals surface area (Å²) in [5.41, 5.74) is 4.79. The maximum Gasteiger partial charge on any atom is 0.401 e. The molecule has 2 heterocycles. The Morgan fingerprint density at radius 1 is 1.30 bits per heavy atom. The molecule has 3 atom stereocenters. The van der Waals surface area contributed by atoms with Gasteiger partial charge in [0.25, 0.3) is 11.5 Å². The Morgan fingerprint density at radius 3 is 2.73 bits per heavy atom. The molecule has 1 saturated heterocycles. The number of hydrogen-bond acceptors (Lipinski definition) is 5. The number of amides is 1. The molecule has 2 aliphatic carbocycles. The minimum absolute atomic E-state index is 0.00489. The number of primary amides is 1. The molecule has 2 bridgehead atoms. The van der Waals surface area contributed by atoms with Gasteiger partial charge in [0.05, 0.1) is 19.3 Å². The Kier molecular flexibility index (Phi) is 4.71. The number of carbonyl (C=O) groups is 1. The normalized spacial score (nSPS) is 28.5. The number of likely N-dealkylation sites (tertiary alicyclic amines) is 1. The van der Waals surface area contributed by atoms with Crippen molar-refractivity contribution in [1.29, 1.82) is 0 Å². The summed E-state index contributed by atoms with van der Waals surface area (Å²) in [5, 5.41) is 12.2. The van der Waals surface area contributed by atoms with E-state index in [9.17, 15) is 27.9 Å². The van der Waals surface area contributed by atoms with Crippen LogP contribution in [0.25, 0.3) is 0 Å². The lowest BCUT2D eigenvalue weighted by Crippen LogP contribution is -2.74. The van der Waals surface area contributed by atoms with Crippen LogP contribution >= 0.6 is 0 Å². The molecule has 1 amide bonds. The zero-order chi connectivity index (χ0) is 23.8. The molecule has 10 heteroatoms. The molecule has 176 valence electrons. The van der Waals surface area contributed by atoms with Crippen LogP contribution in [-0.4, -0.2) is 58.9 Å². The van der Waals surface area contributed by atoms with E-state index in [4.69, 9.17) is 10.5 Å². The quantitative estimate of drug-likeness (QED) is 0.639. The predicted molar refractivity (Wildman–Crippen MR) is 112 cm³/mol. The fourth-order valence-electron chi connectivity index (χ4n) is 6.25. The SMILES string of the molecule is COc1ccc2c(c1)[C@]13CCN(CC(F)(F)F)[C@H](C2)[C@]1(O)Cc1cc(C(N)=O)c(=O)[nH]c1C3. The molecule has 4 N–H and O–H groups in total. The van der Waals surface area contributed by atoms with Crippen LogP contribution in [0.5, 0.6) is 5.75 Å². The van der Waals surface area contributed by atoms with Crippen LogP contribution in [0.4, 0.5) is 13.2 Å². The number of carbonyl (C=O) groups excluding carboxylic acids is 1. The van der Waals surface area contributed by atoms with Crippen molar-refractivity contribution >= 4 is 5.91 Å². The van der Waals surface area contributed by atoms with Crippen LogP contribution < -0.4 is 16.0 Å². The van der Waals surface area contributed by atoms with Crippen LogP contribution in [0.3, 0.4) is 0 Å². The molecule has 3 aliphatic rings. The van der Waals surface area contributed by atoms with Crippen LogP contribution in [-0.2, 0) is 24.7 Å². The van der Waals surface area contributed by atoms with Crippen LogP contribution in [0.2, 0.25) is 0 Å². The monoisotopic (exact) mass is 463 g/mol.